The molecule has 0 rings (SSSR count). The predicted molar refractivity (Wildman–Crippen MR) is 60.1 cm³/mol. The number of hydrogen-bond donors (Lipinski definition) is 0. The number of allylic oxidation sites excluding steroid dienone is 4. The second-order valence-electron chi connectivity index (χ2n) is 1.72. The van der Waals surface area contributed by atoms with Crippen LogP contribution in [0.4, 0.5) is 0 Å². The third-order valence-electron chi connectivity index (χ3n) is 1.16. The molecule has 0 atom stereocenters. The maximum Gasteiger partial charge on any atom is -0.0311 e. The summed E-state index contributed by atoms with van der Waals surface area (Å²) in [5, 5.41) is 0. The maximum absolute atomic E-state index is 4.00. The van der Waals surface area contributed by atoms with Crippen LogP contribution in [0, 0.1) is 12.8 Å². The molecular formula is C12H22. The fraction of sp³-hybridized carbons (Fsp3) is 0.500. The van der Waals surface area contributed by atoms with E-state index in [1.54, 1.807) is 0 Å². The van der Waals surface area contributed by atoms with Crippen molar-refractivity contribution >= 4 is 0 Å². The highest BCUT2D eigenvalue weighted by atomic mass is 13.9. The van der Waals surface area contributed by atoms with Crippen molar-refractivity contribution in [2.75, 3.05) is 0 Å². The van der Waals surface area contributed by atoms with Crippen LogP contribution in [0.1, 0.15) is 41.0 Å². The summed E-state index contributed by atoms with van der Waals surface area (Å²) in [6.07, 6.45) is 15.5. The van der Waals surface area contributed by atoms with Crippen molar-refractivity contribution in [3.05, 3.63) is 23.8 Å². The smallest absolute Gasteiger partial charge is 0.0311 e. The Bertz CT molecular complexity index is 121. The summed E-state index contributed by atoms with van der Waals surface area (Å²) in [4.78, 5) is 0. The fourth-order valence-electron chi connectivity index (χ4n) is 0.632. The van der Waals surface area contributed by atoms with Gasteiger partial charge in [-0.25, -0.2) is 0 Å². The summed E-state index contributed by atoms with van der Waals surface area (Å²) < 4.78 is 0. The van der Waals surface area contributed by atoms with Gasteiger partial charge in [-0.3, -0.25) is 0 Å². The largest absolute Gasteiger partial charge is 0.124 e. The molecule has 0 spiro atoms. The van der Waals surface area contributed by atoms with Gasteiger partial charge in [0.1, 0.15) is 0 Å². The van der Waals surface area contributed by atoms with E-state index in [1.165, 1.54) is 5.57 Å². The summed E-state index contributed by atoms with van der Waals surface area (Å²) in [6.45, 7) is 10.3. The molecule has 0 heterocycles. The van der Waals surface area contributed by atoms with Crippen LogP contribution in [0.3, 0.4) is 0 Å². The zero-order chi connectivity index (χ0) is 10.4. The Morgan fingerprint density at radius 2 is 1.58 bits per heavy atom. The van der Waals surface area contributed by atoms with Crippen LogP contribution in [-0.2, 0) is 0 Å². The SMILES string of the molecule is C#C.C/C=C\C(=C/C)CC.CC. The van der Waals surface area contributed by atoms with Gasteiger partial charge in [-0.1, -0.05) is 44.6 Å². The van der Waals surface area contributed by atoms with Crippen LogP contribution in [0.2, 0.25) is 0 Å². The molecule has 0 unspecified atom stereocenters. The summed E-state index contributed by atoms with van der Waals surface area (Å²) in [6, 6.07) is 0. The molecule has 0 aromatic carbocycles. The molecule has 12 heavy (non-hydrogen) atoms. The van der Waals surface area contributed by atoms with Gasteiger partial charge in [-0.2, -0.15) is 0 Å². The first-order valence-corrected chi connectivity index (χ1v) is 4.46. The average molecular weight is 166 g/mol. The first-order chi connectivity index (χ1) is 5.85. The molecule has 0 aromatic rings. The molecule has 0 fully saturated rings. The maximum atomic E-state index is 4.00. The summed E-state index contributed by atoms with van der Waals surface area (Å²) in [5.74, 6) is 0. The Morgan fingerprint density at radius 3 is 1.67 bits per heavy atom. The van der Waals surface area contributed by atoms with Crippen molar-refractivity contribution in [1.82, 2.24) is 0 Å². The first-order valence-electron chi connectivity index (χ1n) is 4.46. The minimum Gasteiger partial charge on any atom is -0.124 e. The quantitative estimate of drug-likeness (QED) is 0.426. The van der Waals surface area contributed by atoms with E-state index in [9.17, 15) is 0 Å². The molecule has 0 aromatic heterocycles. The van der Waals surface area contributed by atoms with E-state index < -0.39 is 0 Å². The van der Waals surface area contributed by atoms with E-state index in [0.717, 1.165) is 6.42 Å². The second-order valence-corrected chi connectivity index (χ2v) is 1.72. The third kappa shape index (κ3) is 16.0. The van der Waals surface area contributed by atoms with Crippen molar-refractivity contribution in [3.8, 4) is 12.8 Å². The topological polar surface area (TPSA) is 0 Å². The molecule has 0 aliphatic carbocycles. The van der Waals surface area contributed by atoms with Gasteiger partial charge in [0.25, 0.3) is 0 Å². The minimum atomic E-state index is 1.14. The van der Waals surface area contributed by atoms with Gasteiger partial charge in [-0.05, 0) is 20.3 Å². The summed E-state index contributed by atoms with van der Waals surface area (Å²) in [7, 11) is 0. The molecule has 0 amide bonds. The summed E-state index contributed by atoms with van der Waals surface area (Å²) >= 11 is 0. The molecular weight excluding hydrogens is 144 g/mol. The molecule has 0 aliphatic heterocycles. The van der Waals surface area contributed by atoms with Gasteiger partial charge in [0.15, 0.2) is 0 Å². The van der Waals surface area contributed by atoms with Crippen LogP contribution in [0.15, 0.2) is 23.8 Å². The highest BCUT2D eigenvalue weighted by molar-refractivity contribution is 5.16. The molecule has 0 N–H and O–H groups in total. The van der Waals surface area contributed by atoms with Crippen LogP contribution < -0.4 is 0 Å². The van der Waals surface area contributed by atoms with Crippen molar-refractivity contribution < 1.29 is 0 Å². The number of rotatable bonds is 2. The molecule has 0 saturated carbocycles. The standard InChI is InChI=1S/C8H14.C2H6.C2H2/c1-4-7-8(5-2)6-3;2*1-2/h4-5,7H,6H2,1-3H3;1-2H3;1-2H/b7-4-,8-5-;;. The lowest BCUT2D eigenvalue weighted by atomic mass is 10.2. The molecule has 0 saturated heterocycles. The fourth-order valence-corrected chi connectivity index (χ4v) is 0.632. The summed E-state index contributed by atoms with van der Waals surface area (Å²) in [5.41, 5.74) is 1.41. The van der Waals surface area contributed by atoms with Crippen LogP contribution in [0.5, 0.6) is 0 Å². The number of terminal acetylenes is 1. The van der Waals surface area contributed by atoms with E-state index in [-0.39, 0.29) is 0 Å². The van der Waals surface area contributed by atoms with Crippen molar-refractivity contribution in [2.24, 2.45) is 0 Å². The van der Waals surface area contributed by atoms with Crippen LogP contribution >= 0.6 is 0 Å². The predicted octanol–water partition coefficient (Wildman–Crippen LogP) is 4.19. The van der Waals surface area contributed by atoms with Crippen molar-refractivity contribution in [1.29, 1.82) is 0 Å². The number of hydrogen-bond acceptors (Lipinski definition) is 0. The normalized spacial score (nSPS) is 9.42. The van der Waals surface area contributed by atoms with Gasteiger partial charge < -0.3 is 0 Å². The van der Waals surface area contributed by atoms with Crippen LogP contribution in [0.25, 0.3) is 0 Å². The average Bonchev–Trinajstić information content (AvgIpc) is 2.20. The molecule has 0 nitrogen and oxygen atoms in total. The van der Waals surface area contributed by atoms with Gasteiger partial charge in [0.05, 0.1) is 0 Å². The molecule has 0 heteroatoms. The molecule has 0 bridgehead atoms. The monoisotopic (exact) mass is 166 g/mol. The second kappa shape index (κ2) is 22.5. The zero-order valence-electron chi connectivity index (χ0n) is 9.09. The Labute approximate surface area is 78.4 Å². The lowest BCUT2D eigenvalue weighted by Crippen LogP contribution is -1.69. The lowest BCUT2D eigenvalue weighted by Gasteiger charge is -1.90. The van der Waals surface area contributed by atoms with Gasteiger partial charge in [0.2, 0.25) is 0 Å². The zero-order valence-corrected chi connectivity index (χ0v) is 9.09. The Kier molecular flexibility index (Phi) is 32.3. The van der Waals surface area contributed by atoms with Gasteiger partial charge in [0, 0.05) is 0 Å². The molecule has 0 aliphatic rings. The van der Waals surface area contributed by atoms with Crippen LogP contribution in [-0.4, -0.2) is 0 Å². The highest BCUT2D eigenvalue weighted by Crippen LogP contribution is 2.00. The Morgan fingerprint density at radius 1 is 1.17 bits per heavy atom. The van der Waals surface area contributed by atoms with E-state index in [1.807, 2.05) is 20.8 Å². The Balaban J connectivity index is -0.000000175. The highest BCUT2D eigenvalue weighted by Gasteiger charge is 1.79. The van der Waals surface area contributed by atoms with Crippen molar-refractivity contribution in [3.63, 3.8) is 0 Å². The van der Waals surface area contributed by atoms with E-state index in [2.05, 4.69) is 44.9 Å². The van der Waals surface area contributed by atoms with Gasteiger partial charge in [-0.15, -0.1) is 12.8 Å². The third-order valence-corrected chi connectivity index (χ3v) is 1.16. The molecule has 70 valence electrons. The van der Waals surface area contributed by atoms with Gasteiger partial charge >= 0.3 is 0 Å². The van der Waals surface area contributed by atoms with Crippen molar-refractivity contribution in [2.45, 2.75) is 41.0 Å². The minimum absolute atomic E-state index is 1.14. The Hall–Kier alpha value is -0.960. The molecule has 0 radical (unpaired) electrons. The lowest BCUT2D eigenvalue weighted by molar-refractivity contribution is 1.14. The van der Waals surface area contributed by atoms with E-state index >= 15 is 0 Å². The first kappa shape index (κ1) is 17.2. The van der Waals surface area contributed by atoms with E-state index in [4.69, 9.17) is 0 Å². The van der Waals surface area contributed by atoms with E-state index in [0.29, 0.717) is 0 Å².